The van der Waals surface area contributed by atoms with Crippen molar-refractivity contribution < 1.29 is 19.2 Å². The smallest absolute Gasteiger partial charge is 0.224 e. The van der Waals surface area contributed by atoms with Gasteiger partial charge >= 0.3 is 0 Å². The lowest BCUT2D eigenvalue weighted by atomic mass is 9.86. The molecule has 13 heteroatoms. The van der Waals surface area contributed by atoms with Crippen molar-refractivity contribution in [3.8, 4) is 22.3 Å². The highest BCUT2D eigenvalue weighted by molar-refractivity contribution is 5.94. The highest BCUT2D eigenvalue weighted by atomic mass is 16.2. The topological polar surface area (TPSA) is 261 Å². The van der Waals surface area contributed by atoms with Crippen LogP contribution in [0.25, 0.3) is 22.3 Å². The summed E-state index contributed by atoms with van der Waals surface area (Å²) in [5.74, 6) is -3.61. The number of benzene rings is 4. The van der Waals surface area contributed by atoms with E-state index in [0.717, 1.165) is 33.4 Å². The van der Waals surface area contributed by atoms with Gasteiger partial charge in [-0.1, -0.05) is 124 Å². The van der Waals surface area contributed by atoms with Gasteiger partial charge < -0.3 is 39.7 Å². The largest absolute Gasteiger partial charge is 0.370 e. The predicted octanol–water partition coefficient (Wildman–Crippen LogP) is 4.66. The van der Waals surface area contributed by atoms with Gasteiger partial charge in [-0.3, -0.25) is 29.2 Å². The van der Waals surface area contributed by atoms with E-state index < -0.39 is 35.7 Å². The molecule has 0 radical (unpaired) electrons. The van der Waals surface area contributed by atoms with Crippen molar-refractivity contribution >= 4 is 35.3 Å². The third-order valence-electron chi connectivity index (χ3n) is 10.8. The molecule has 4 aromatic rings. The molecule has 13 N–H and O–H groups in total. The van der Waals surface area contributed by atoms with E-state index in [1.165, 1.54) is 5.56 Å². The van der Waals surface area contributed by atoms with Gasteiger partial charge in [-0.2, -0.15) is 0 Å². The summed E-state index contributed by atoms with van der Waals surface area (Å²) in [4.78, 5) is 62.5. The highest BCUT2D eigenvalue weighted by Crippen LogP contribution is 2.27. The van der Waals surface area contributed by atoms with Gasteiger partial charge in [-0.15, -0.1) is 0 Å². The maximum absolute atomic E-state index is 14.2. The zero-order valence-corrected chi connectivity index (χ0v) is 35.7. The standard InChI is InChI=1S/C48H63N9O4/c1-48(2,3)39-23-21-36(22-24-39)35-17-13-31(14-18-35)27-40(49)42(58)30-38(12-8-26-56-47(53)54)45(61)57-41(43(59)29-37(44(50)60)11-7-25-55-46(51)52)28-32-15-19-34(20-16-32)33-9-5-4-6-10-33/h4-6,9-10,13-24,37-38,40-41H,7-8,11-12,25-30,49H2,1-3H3,(H2,50,60)(H,57,61)(H4,51,52,55)(H4,53,54,56)/t37-,38-,40+,41+/m1/s1. The number of nitrogens with two attached hydrogens (primary N) is 6. The second-order valence-corrected chi connectivity index (χ2v) is 16.7. The molecule has 0 saturated heterocycles. The van der Waals surface area contributed by atoms with E-state index in [1.54, 1.807) is 0 Å². The summed E-state index contributed by atoms with van der Waals surface area (Å²) in [5.41, 5.74) is 41.3. The molecule has 0 spiro atoms. The number of hydrogen-bond acceptors (Lipinski definition) is 7. The summed E-state index contributed by atoms with van der Waals surface area (Å²) >= 11 is 0. The van der Waals surface area contributed by atoms with E-state index in [4.69, 9.17) is 34.4 Å². The van der Waals surface area contributed by atoms with Crippen molar-refractivity contribution in [3.63, 3.8) is 0 Å². The molecule has 0 fully saturated rings. The highest BCUT2D eigenvalue weighted by Gasteiger charge is 2.31. The fraction of sp³-hybridized carbons (Fsp3) is 0.375. The first-order chi connectivity index (χ1) is 29.0. The Balaban J connectivity index is 1.51. The first-order valence-electron chi connectivity index (χ1n) is 20.9. The third-order valence-corrected chi connectivity index (χ3v) is 10.8. The number of carbonyl (C=O) groups excluding carboxylic acids is 4. The molecule has 2 amide bonds. The van der Waals surface area contributed by atoms with Crippen molar-refractivity contribution in [2.45, 2.75) is 89.6 Å². The Kier molecular flexibility index (Phi) is 17.7. The molecule has 0 unspecified atom stereocenters. The van der Waals surface area contributed by atoms with Crippen LogP contribution < -0.4 is 39.7 Å². The molecule has 4 rings (SSSR count). The van der Waals surface area contributed by atoms with Gasteiger partial charge in [0.1, 0.15) is 0 Å². The number of primary amides is 1. The normalized spacial score (nSPS) is 13.2. The number of guanidine groups is 2. The molecule has 4 atom stereocenters. The predicted molar refractivity (Wildman–Crippen MR) is 245 cm³/mol. The van der Waals surface area contributed by atoms with E-state index in [1.807, 2.05) is 78.9 Å². The van der Waals surface area contributed by atoms with Crippen LogP contribution in [0.15, 0.2) is 113 Å². The summed E-state index contributed by atoms with van der Waals surface area (Å²) in [7, 11) is 0. The van der Waals surface area contributed by atoms with Crippen LogP contribution in [-0.2, 0) is 37.4 Å². The van der Waals surface area contributed by atoms with E-state index in [-0.39, 0.29) is 80.5 Å². The summed E-state index contributed by atoms with van der Waals surface area (Å²) in [5, 5.41) is 2.94. The second kappa shape index (κ2) is 22.9. The Morgan fingerprint density at radius 2 is 1.02 bits per heavy atom. The van der Waals surface area contributed by atoms with Gasteiger partial charge in [0.15, 0.2) is 23.5 Å². The molecule has 0 aliphatic heterocycles. The molecular weight excluding hydrogens is 767 g/mol. The molecule has 13 nitrogen and oxygen atoms in total. The van der Waals surface area contributed by atoms with E-state index in [2.05, 4.69) is 60.3 Å². The number of nitrogens with zero attached hydrogens (tertiary/aromatic N) is 2. The number of amides is 2. The van der Waals surface area contributed by atoms with Gasteiger partial charge in [-0.05, 0) is 82.9 Å². The van der Waals surface area contributed by atoms with Gasteiger partial charge in [-0.25, -0.2) is 0 Å². The first kappa shape index (κ1) is 47.3. The molecule has 61 heavy (non-hydrogen) atoms. The van der Waals surface area contributed by atoms with Gasteiger partial charge in [0.05, 0.1) is 12.1 Å². The lowest BCUT2D eigenvalue weighted by molar-refractivity contribution is -0.134. The maximum atomic E-state index is 14.2. The summed E-state index contributed by atoms with van der Waals surface area (Å²) in [6, 6.07) is 32.1. The van der Waals surface area contributed by atoms with E-state index in [9.17, 15) is 19.2 Å². The number of carbonyl (C=O) groups is 4. The number of ketones is 2. The molecule has 324 valence electrons. The Morgan fingerprint density at radius 1 is 0.574 bits per heavy atom. The van der Waals surface area contributed by atoms with Crippen molar-refractivity contribution in [2.75, 3.05) is 13.1 Å². The quantitative estimate of drug-likeness (QED) is 0.0311. The third kappa shape index (κ3) is 15.6. The number of Topliss-reactive ketones (excluding diaryl/α,β-unsaturated/α-hetero) is 2. The molecule has 0 saturated carbocycles. The minimum atomic E-state index is -1.03. The molecule has 0 aliphatic carbocycles. The number of nitrogens with one attached hydrogen (secondary N) is 1. The lowest BCUT2D eigenvalue weighted by Crippen LogP contribution is -2.47. The lowest BCUT2D eigenvalue weighted by Gasteiger charge is -2.24. The molecule has 0 bridgehead atoms. The van der Waals surface area contributed by atoms with Crippen molar-refractivity contribution in [2.24, 2.45) is 56.2 Å². The molecule has 0 aromatic heterocycles. The van der Waals surface area contributed by atoms with Crippen LogP contribution in [0.3, 0.4) is 0 Å². The van der Waals surface area contributed by atoms with Crippen LogP contribution in [0.1, 0.15) is 76.0 Å². The minimum absolute atomic E-state index is 0.0548. The average molecular weight is 830 g/mol. The molecule has 0 heterocycles. The number of rotatable bonds is 23. The Hall–Kier alpha value is -6.34. The van der Waals surface area contributed by atoms with Crippen LogP contribution in [0.2, 0.25) is 0 Å². The monoisotopic (exact) mass is 830 g/mol. The SMILES string of the molecule is CC(C)(C)c1ccc(-c2ccc(C[C@H](N)C(=O)C[C@@H](CCCN=C(N)N)C(=O)N[C@@H](Cc3ccc(-c4ccccc4)cc3)C(=O)C[C@@H](CCCN=C(N)N)C(N)=O)cc2)cc1. The van der Waals surface area contributed by atoms with Crippen LogP contribution in [0, 0.1) is 11.8 Å². The molecule has 0 aliphatic rings. The summed E-state index contributed by atoms with van der Waals surface area (Å²) < 4.78 is 0. The maximum Gasteiger partial charge on any atom is 0.224 e. The summed E-state index contributed by atoms with van der Waals surface area (Å²) in [6.45, 7) is 7.05. The molecular formula is C48H63N9O4. The second-order valence-electron chi connectivity index (χ2n) is 16.7. The minimum Gasteiger partial charge on any atom is -0.370 e. The zero-order valence-electron chi connectivity index (χ0n) is 35.7. The fourth-order valence-corrected chi connectivity index (χ4v) is 7.14. The number of hydrogen-bond donors (Lipinski definition) is 7. The Labute approximate surface area is 359 Å². The van der Waals surface area contributed by atoms with Crippen LogP contribution >= 0.6 is 0 Å². The van der Waals surface area contributed by atoms with Crippen molar-refractivity contribution in [1.29, 1.82) is 0 Å². The Bertz CT molecular complexity index is 2100. The van der Waals surface area contributed by atoms with E-state index in [0.29, 0.717) is 12.8 Å². The number of aliphatic imine (C=N–C) groups is 2. The van der Waals surface area contributed by atoms with Gasteiger partial charge in [0.25, 0.3) is 0 Å². The van der Waals surface area contributed by atoms with Crippen molar-refractivity contribution in [3.05, 3.63) is 120 Å². The van der Waals surface area contributed by atoms with E-state index >= 15 is 0 Å². The van der Waals surface area contributed by atoms with Crippen molar-refractivity contribution in [1.82, 2.24) is 5.32 Å². The first-order valence-corrected chi connectivity index (χ1v) is 20.9. The average Bonchev–Trinajstić information content (AvgIpc) is 3.22. The zero-order chi connectivity index (χ0) is 44.5. The van der Waals surface area contributed by atoms with Crippen LogP contribution in [0.5, 0.6) is 0 Å². The summed E-state index contributed by atoms with van der Waals surface area (Å²) in [6.07, 6.45) is 1.41. The van der Waals surface area contributed by atoms with Gasteiger partial charge in [0, 0.05) is 37.8 Å². The Morgan fingerprint density at radius 3 is 1.49 bits per heavy atom. The fourth-order valence-electron chi connectivity index (χ4n) is 7.14. The molecule has 4 aromatic carbocycles. The van der Waals surface area contributed by atoms with Gasteiger partial charge in [0.2, 0.25) is 11.8 Å². The van der Waals surface area contributed by atoms with Crippen LogP contribution in [0.4, 0.5) is 0 Å². The van der Waals surface area contributed by atoms with Crippen LogP contribution in [-0.4, -0.2) is 60.5 Å².